The summed E-state index contributed by atoms with van der Waals surface area (Å²) >= 11 is 0. The van der Waals surface area contributed by atoms with Gasteiger partial charge in [-0.05, 0) is 19.0 Å². The molecule has 0 radical (unpaired) electrons. The third-order valence-corrected chi connectivity index (χ3v) is 5.51. The van der Waals surface area contributed by atoms with Gasteiger partial charge in [0.25, 0.3) is 11.5 Å². The Balaban J connectivity index is 1.88. The number of nitrogens with zero attached hydrogens (tertiary/aromatic N) is 3. The van der Waals surface area contributed by atoms with Crippen LogP contribution in [0.15, 0.2) is 35.1 Å². The lowest BCUT2D eigenvalue weighted by atomic mass is 9.96. The summed E-state index contributed by atoms with van der Waals surface area (Å²) < 4.78 is 1.54. The average Bonchev–Trinajstić information content (AvgIpc) is 3.07. The number of para-hydroxylation sites is 1. The van der Waals surface area contributed by atoms with Crippen molar-refractivity contribution in [3.8, 4) is 0 Å². The number of carbonyl (C=O) groups excluding carboxylic acids is 1. The maximum atomic E-state index is 13.2. The summed E-state index contributed by atoms with van der Waals surface area (Å²) in [6.45, 7) is 2.35. The lowest BCUT2D eigenvalue weighted by molar-refractivity contribution is 0.0780. The molecule has 0 bridgehead atoms. The van der Waals surface area contributed by atoms with Crippen molar-refractivity contribution in [1.82, 2.24) is 14.4 Å². The molecular weight excluding hydrogens is 346 g/mol. The maximum Gasteiger partial charge on any atom is 0.254 e. The van der Waals surface area contributed by atoms with Crippen LogP contribution in [0.2, 0.25) is 0 Å². The van der Waals surface area contributed by atoms with Gasteiger partial charge in [0, 0.05) is 57.2 Å². The second-order valence-electron chi connectivity index (χ2n) is 7.37. The molecule has 2 heterocycles. The molecule has 0 unspecified atom stereocenters. The molecule has 0 aliphatic carbocycles. The van der Waals surface area contributed by atoms with Crippen molar-refractivity contribution < 1.29 is 15.0 Å². The molecule has 1 aliphatic heterocycles. The Kier molecular flexibility index (Phi) is 5.94. The Morgan fingerprint density at radius 3 is 2.63 bits per heavy atom. The number of aliphatic hydroxyl groups is 2. The van der Waals surface area contributed by atoms with E-state index in [-0.39, 0.29) is 36.5 Å². The molecule has 2 atom stereocenters. The predicted octanol–water partition coefficient (Wildman–Crippen LogP) is 0.143. The number of fused-ring (bicyclic) bond motifs is 1. The minimum atomic E-state index is -0.214. The number of hydrogen-bond donors (Lipinski definition) is 2. The van der Waals surface area contributed by atoms with Crippen molar-refractivity contribution in [1.29, 1.82) is 0 Å². The van der Waals surface area contributed by atoms with Crippen molar-refractivity contribution in [2.75, 3.05) is 46.4 Å². The topological polar surface area (TPSA) is 86.0 Å². The standard InChI is InChI=1S/C20H27N3O4/c1-21(7-8-24)10-14-11-23(12-15(14)13-25)20(27)17-9-19(26)22(2)18-6-4-3-5-16(17)18/h3-6,9,14-15,24-25H,7-8,10-13H2,1-2H3/t14-,15-/m1/s1. The fraction of sp³-hybridized carbons (Fsp3) is 0.500. The zero-order chi connectivity index (χ0) is 19.6. The molecule has 7 nitrogen and oxygen atoms in total. The number of hydrogen-bond acceptors (Lipinski definition) is 5. The van der Waals surface area contributed by atoms with Crippen LogP contribution >= 0.6 is 0 Å². The summed E-state index contributed by atoms with van der Waals surface area (Å²) in [6.07, 6.45) is 0. The first-order valence-electron chi connectivity index (χ1n) is 9.24. The first-order chi connectivity index (χ1) is 13.0. The molecule has 1 fully saturated rings. The first kappa shape index (κ1) is 19.5. The number of benzene rings is 1. The van der Waals surface area contributed by atoms with Crippen LogP contribution in [0.25, 0.3) is 10.9 Å². The van der Waals surface area contributed by atoms with Crippen LogP contribution in [-0.2, 0) is 7.05 Å². The Morgan fingerprint density at radius 1 is 1.22 bits per heavy atom. The molecule has 0 saturated carbocycles. The van der Waals surface area contributed by atoms with E-state index >= 15 is 0 Å². The molecule has 1 amide bonds. The van der Waals surface area contributed by atoms with Gasteiger partial charge in [-0.2, -0.15) is 0 Å². The van der Waals surface area contributed by atoms with Gasteiger partial charge in [-0.25, -0.2) is 0 Å². The summed E-state index contributed by atoms with van der Waals surface area (Å²) in [4.78, 5) is 29.2. The summed E-state index contributed by atoms with van der Waals surface area (Å²) in [6, 6.07) is 8.80. The number of carbonyl (C=O) groups is 1. The molecule has 7 heteroatoms. The van der Waals surface area contributed by atoms with Crippen LogP contribution in [0.1, 0.15) is 10.4 Å². The number of likely N-dealkylation sites (tertiary alicyclic amines) is 1. The van der Waals surface area contributed by atoms with E-state index in [4.69, 9.17) is 5.11 Å². The lowest BCUT2D eigenvalue weighted by Gasteiger charge is -2.23. The fourth-order valence-corrected chi connectivity index (χ4v) is 3.94. The molecule has 1 aromatic heterocycles. The molecule has 2 N–H and O–H groups in total. The van der Waals surface area contributed by atoms with Crippen LogP contribution in [0.5, 0.6) is 0 Å². The number of amides is 1. The van der Waals surface area contributed by atoms with Gasteiger partial charge in [0.1, 0.15) is 0 Å². The van der Waals surface area contributed by atoms with Crippen LogP contribution in [-0.4, -0.2) is 76.9 Å². The molecule has 2 aromatic rings. The number of pyridine rings is 1. The third kappa shape index (κ3) is 3.90. The molecule has 1 aromatic carbocycles. The van der Waals surface area contributed by atoms with Gasteiger partial charge in [-0.15, -0.1) is 0 Å². The SMILES string of the molecule is CN(CCO)C[C@@H]1CN(C(=O)c2cc(=O)n(C)c3ccccc23)C[C@@H]1CO. The Bertz CT molecular complexity index is 879. The smallest absolute Gasteiger partial charge is 0.254 e. The van der Waals surface area contributed by atoms with E-state index in [0.717, 1.165) is 10.9 Å². The van der Waals surface area contributed by atoms with Gasteiger partial charge in [-0.3, -0.25) is 9.59 Å². The number of rotatable bonds is 6. The molecular formula is C20H27N3O4. The Labute approximate surface area is 158 Å². The summed E-state index contributed by atoms with van der Waals surface area (Å²) in [5, 5.41) is 19.6. The first-order valence-corrected chi connectivity index (χ1v) is 9.24. The fourth-order valence-electron chi connectivity index (χ4n) is 3.94. The Morgan fingerprint density at radius 2 is 1.93 bits per heavy atom. The van der Waals surface area contributed by atoms with Crippen molar-refractivity contribution in [3.05, 3.63) is 46.2 Å². The third-order valence-electron chi connectivity index (χ3n) is 5.51. The Hall–Kier alpha value is -2.22. The summed E-state index contributed by atoms with van der Waals surface area (Å²) in [5.74, 6) is -0.0455. The number of aromatic nitrogens is 1. The van der Waals surface area contributed by atoms with Gasteiger partial charge in [0.15, 0.2) is 0 Å². The van der Waals surface area contributed by atoms with E-state index in [0.29, 0.717) is 31.7 Å². The molecule has 27 heavy (non-hydrogen) atoms. The highest BCUT2D eigenvalue weighted by atomic mass is 16.3. The highest BCUT2D eigenvalue weighted by Gasteiger charge is 2.36. The van der Waals surface area contributed by atoms with E-state index < -0.39 is 0 Å². The van der Waals surface area contributed by atoms with Crippen LogP contribution in [0.4, 0.5) is 0 Å². The molecule has 1 saturated heterocycles. The normalized spacial score (nSPS) is 20.0. The zero-order valence-corrected chi connectivity index (χ0v) is 15.8. The highest BCUT2D eigenvalue weighted by Crippen LogP contribution is 2.27. The van der Waals surface area contributed by atoms with Crippen molar-refractivity contribution in [3.63, 3.8) is 0 Å². The van der Waals surface area contributed by atoms with E-state index in [9.17, 15) is 14.7 Å². The summed E-state index contributed by atoms with van der Waals surface area (Å²) in [5.41, 5.74) is 0.925. The number of likely N-dealkylation sites (N-methyl/N-ethyl adjacent to an activating group) is 1. The van der Waals surface area contributed by atoms with Crippen LogP contribution in [0.3, 0.4) is 0 Å². The minimum absolute atomic E-state index is 0.00657. The second kappa shape index (κ2) is 8.21. The summed E-state index contributed by atoms with van der Waals surface area (Å²) in [7, 11) is 3.62. The van der Waals surface area contributed by atoms with Gasteiger partial charge in [-0.1, -0.05) is 18.2 Å². The van der Waals surface area contributed by atoms with E-state index in [1.165, 1.54) is 6.07 Å². The van der Waals surface area contributed by atoms with Crippen molar-refractivity contribution >= 4 is 16.8 Å². The van der Waals surface area contributed by atoms with E-state index in [2.05, 4.69) is 0 Å². The molecule has 146 valence electrons. The largest absolute Gasteiger partial charge is 0.396 e. The van der Waals surface area contributed by atoms with E-state index in [1.807, 2.05) is 36.2 Å². The van der Waals surface area contributed by atoms with Crippen LogP contribution in [0, 0.1) is 11.8 Å². The molecule has 3 rings (SSSR count). The lowest BCUT2D eigenvalue weighted by Crippen LogP contribution is -2.34. The zero-order valence-electron chi connectivity index (χ0n) is 15.8. The monoisotopic (exact) mass is 373 g/mol. The average molecular weight is 373 g/mol. The highest BCUT2D eigenvalue weighted by molar-refractivity contribution is 6.06. The second-order valence-corrected chi connectivity index (χ2v) is 7.37. The number of aryl methyl sites for hydroxylation is 1. The van der Waals surface area contributed by atoms with Gasteiger partial charge < -0.3 is 24.6 Å². The van der Waals surface area contributed by atoms with Gasteiger partial charge >= 0.3 is 0 Å². The van der Waals surface area contributed by atoms with Gasteiger partial charge in [0.05, 0.1) is 17.7 Å². The van der Waals surface area contributed by atoms with Gasteiger partial charge in [0.2, 0.25) is 0 Å². The van der Waals surface area contributed by atoms with Crippen molar-refractivity contribution in [2.45, 2.75) is 0 Å². The quantitative estimate of drug-likeness (QED) is 0.753. The number of aliphatic hydroxyl groups excluding tert-OH is 2. The van der Waals surface area contributed by atoms with Crippen molar-refractivity contribution in [2.24, 2.45) is 18.9 Å². The van der Waals surface area contributed by atoms with E-state index in [1.54, 1.807) is 16.5 Å². The molecule has 0 spiro atoms. The predicted molar refractivity (Wildman–Crippen MR) is 104 cm³/mol. The minimum Gasteiger partial charge on any atom is -0.396 e. The maximum absolute atomic E-state index is 13.2. The molecule has 1 aliphatic rings. The van der Waals surface area contributed by atoms with Crippen LogP contribution < -0.4 is 5.56 Å².